The maximum absolute atomic E-state index is 11.6. The molecule has 92 valence electrons. The summed E-state index contributed by atoms with van der Waals surface area (Å²) in [5, 5.41) is 2.75. The lowest BCUT2D eigenvalue weighted by Crippen LogP contribution is -2.18. The topological polar surface area (TPSA) is 64.3 Å². The third-order valence-corrected chi connectivity index (χ3v) is 2.77. The maximum atomic E-state index is 11.6. The molecular weight excluding hydrogens is 304 g/mol. The monoisotopic (exact) mass is 316 g/mol. The lowest BCUT2D eigenvalue weighted by Gasteiger charge is -2.10. The van der Waals surface area contributed by atoms with E-state index in [-0.39, 0.29) is 10.9 Å². The molecule has 0 saturated carbocycles. The van der Waals surface area contributed by atoms with Crippen molar-refractivity contribution in [1.82, 2.24) is 0 Å². The highest BCUT2D eigenvalue weighted by Gasteiger charge is 2.09. The number of amides is 1. The van der Waals surface area contributed by atoms with Gasteiger partial charge in [-0.2, -0.15) is 0 Å². The summed E-state index contributed by atoms with van der Waals surface area (Å²) in [5.41, 5.74) is 6.83. The number of methoxy groups -OCH3 is 1. The van der Waals surface area contributed by atoms with E-state index in [0.29, 0.717) is 24.3 Å². The molecule has 0 unspecified atom stereocenters. The summed E-state index contributed by atoms with van der Waals surface area (Å²) in [6.45, 7) is 0.377. The second-order valence-electron chi connectivity index (χ2n) is 3.35. The number of rotatable bonds is 5. The van der Waals surface area contributed by atoms with Crippen LogP contribution in [0.4, 0.5) is 5.69 Å². The maximum Gasteiger partial charge on any atom is 0.226 e. The Balaban J connectivity index is 2.85. The molecule has 0 spiro atoms. The minimum Gasteiger partial charge on any atom is -0.389 e. The number of benzene rings is 1. The van der Waals surface area contributed by atoms with Gasteiger partial charge < -0.3 is 15.8 Å². The van der Waals surface area contributed by atoms with Gasteiger partial charge in [-0.15, -0.1) is 0 Å². The normalized spacial score (nSPS) is 10.0. The van der Waals surface area contributed by atoms with Gasteiger partial charge in [0.15, 0.2) is 0 Å². The molecule has 1 aromatic rings. The zero-order valence-electron chi connectivity index (χ0n) is 9.33. The van der Waals surface area contributed by atoms with Crippen molar-refractivity contribution in [3.63, 3.8) is 0 Å². The van der Waals surface area contributed by atoms with Gasteiger partial charge in [0.2, 0.25) is 5.91 Å². The number of ether oxygens (including phenoxy) is 1. The third-order valence-electron chi connectivity index (χ3n) is 2.05. The number of nitrogens with one attached hydrogen (secondary N) is 1. The summed E-state index contributed by atoms with van der Waals surface area (Å²) in [4.78, 5) is 11.8. The van der Waals surface area contributed by atoms with E-state index in [2.05, 4.69) is 21.2 Å². The molecule has 0 saturated heterocycles. The van der Waals surface area contributed by atoms with Crippen LogP contribution in [-0.4, -0.2) is 24.6 Å². The van der Waals surface area contributed by atoms with Crippen LogP contribution >= 0.6 is 28.1 Å². The molecule has 1 rings (SSSR count). The smallest absolute Gasteiger partial charge is 0.226 e. The summed E-state index contributed by atoms with van der Waals surface area (Å²) in [6.07, 6.45) is 0.291. The van der Waals surface area contributed by atoms with E-state index in [1.54, 1.807) is 19.2 Å². The standard InChI is InChI=1S/C11H13BrN2O2S/c1-16-5-4-10(15)14-9-6-7(12)2-3-8(9)11(13)17/h2-3,6H,4-5H2,1H3,(H2,13,17)(H,14,15). The van der Waals surface area contributed by atoms with Crippen LogP contribution in [0, 0.1) is 0 Å². The van der Waals surface area contributed by atoms with E-state index in [1.807, 2.05) is 6.07 Å². The van der Waals surface area contributed by atoms with Crippen LogP contribution in [0.15, 0.2) is 22.7 Å². The highest BCUT2D eigenvalue weighted by molar-refractivity contribution is 9.10. The Morgan fingerprint density at radius 2 is 2.29 bits per heavy atom. The van der Waals surface area contributed by atoms with Gasteiger partial charge in [-0.25, -0.2) is 0 Å². The van der Waals surface area contributed by atoms with Crippen molar-refractivity contribution in [3.05, 3.63) is 28.2 Å². The molecule has 1 amide bonds. The average molecular weight is 317 g/mol. The second-order valence-corrected chi connectivity index (χ2v) is 4.70. The van der Waals surface area contributed by atoms with Crippen molar-refractivity contribution in [2.45, 2.75) is 6.42 Å². The van der Waals surface area contributed by atoms with Crippen LogP contribution in [0.1, 0.15) is 12.0 Å². The van der Waals surface area contributed by atoms with Gasteiger partial charge in [-0.1, -0.05) is 28.1 Å². The molecule has 0 heterocycles. The molecule has 1 aromatic carbocycles. The number of carbonyl (C=O) groups excluding carboxylic acids is 1. The van der Waals surface area contributed by atoms with Gasteiger partial charge in [0.05, 0.1) is 18.7 Å². The quantitative estimate of drug-likeness (QED) is 0.816. The van der Waals surface area contributed by atoms with Gasteiger partial charge in [-0.3, -0.25) is 4.79 Å². The Hall–Kier alpha value is -0.980. The van der Waals surface area contributed by atoms with Crippen LogP contribution in [0.5, 0.6) is 0 Å². The van der Waals surface area contributed by atoms with Crippen LogP contribution in [0.2, 0.25) is 0 Å². The predicted octanol–water partition coefficient (Wildman–Crippen LogP) is 2.06. The summed E-state index contributed by atoms with van der Waals surface area (Å²) >= 11 is 8.25. The van der Waals surface area contributed by atoms with E-state index in [1.165, 1.54) is 0 Å². The molecule has 6 heteroatoms. The predicted molar refractivity (Wildman–Crippen MR) is 75.2 cm³/mol. The lowest BCUT2D eigenvalue weighted by atomic mass is 10.1. The number of anilines is 1. The van der Waals surface area contributed by atoms with Crippen molar-refractivity contribution in [3.8, 4) is 0 Å². The summed E-state index contributed by atoms with van der Waals surface area (Å²) in [5.74, 6) is -0.137. The Morgan fingerprint density at radius 1 is 1.59 bits per heavy atom. The molecule has 0 radical (unpaired) electrons. The molecule has 0 aliphatic rings. The van der Waals surface area contributed by atoms with E-state index in [9.17, 15) is 4.79 Å². The molecule has 3 N–H and O–H groups in total. The number of carbonyl (C=O) groups is 1. The fourth-order valence-electron chi connectivity index (χ4n) is 1.24. The van der Waals surface area contributed by atoms with Crippen LogP contribution in [0.3, 0.4) is 0 Å². The van der Waals surface area contributed by atoms with Gasteiger partial charge >= 0.3 is 0 Å². The van der Waals surface area contributed by atoms with Gasteiger partial charge in [0.1, 0.15) is 4.99 Å². The summed E-state index contributed by atoms with van der Waals surface area (Å²) < 4.78 is 5.68. The first-order valence-electron chi connectivity index (χ1n) is 4.92. The fourth-order valence-corrected chi connectivity index (χ4v) is 1.78. The van der Waals surface area contributed by atoms with Crippen LogP contribution in [0.25, 0.3) is 0 Å². The minimum atomic E-state index is -0.137. The van der Waals surface area contributed by atoms with Crippen molar-refractivity contribution < 1.29 is 9.53 Å². The van der Waals surface area contributed by atoms with Crippen molar-refractivity contribution in [1.29, 1.82) is 0 Å². The number of hydrogen-bond acceptors (Lipinski definition) is 3. The van der Waals surface area contributed by atoms with E-state index in [4.69, 9.17) is 22.7 Å². The molecule has 0 fully saturated rings. The summed E-state index contributed by atoms with van der Waals surface area (Å²) in [6, 6.07) is 5.34. The lowest BCUT2D eigenvalue weighted by molar-refractivity contribution is -0.117. The molecule has 0 aliphatic carbocycles. The van der Waals surface area contributed by atoms with Crippen LogP contribution in [-0.2, 0) is 9.53 Å². The first kappa shape index (κ1) is 14.1. The highest BCUT2D eigenvalue weighted by Crippen LogP contribution is 2.21. The van der Waals surface area contributed by atoms with Gasteiger partial charge in [0.25, 0.3) is 0 Å². The number of halogens is 1. The van der Waals surface area contributed by atoms with Crippen molar-refractivity contribution in [2.75, 3.05) is 19.0 Å². The second kappa shape index (κ2) is 6.68. The fraction of sp³-hybridized carbons (Fsp3) is 0.273. The minimum absolute atomic E-state index is 0.137. The average Bonchev–Trinajstić information content (AvgIpc) is 2.26. The SMILES string of the molecule is COCCC(=O)Nc1cc(Br)ccc1C(N)=S. The zero-order valence-corrected chi connectivity index (χ0v) is 11.7. The molecule has 17 heavy (non-hydrogen) atoms. The van der Waals surface area contributed by atoms with E-state index >= 15 is 0 Å². The molecule has 4 nitrogen and oxygen atoms in total. The Kier molecular flexibility index (Phi) is 5.54. The molecule has 0 bridgehead atoms. The van der Waals surface area contributed by atoms with Gasteiger partial charge in [0, 0.05) is 17.1 Å². The van der Waals surface area contributed by atoms with E-state index < -0.39 is 0 Å². The molecular formula is C11H13BrN2O2S. The number of thiocarbonyl (C=S) groups is 1. The highest BCUT2D eigenvalue weighted by atomic mass is 79.9. The van der Waals surface area contributed by atoms with Crippen molar-refractivity contribution in [2.24, 2.45) is 5.73 Å². The third kappa shape index (κ3) is 4.41. The molecule has 0 aromatic heterocycles. The molecule has 0 atom stereocenters. The number of nitrogens with two attached hydrogens (primary N) is 1. The van der Waals surface area contributed by atoms with Gasteiger partial charge in [-0.05, 0) is 18.2 Å². The van der Waals surface area contributed by atoms with E-state index in [0.717, 1.165) is 4.47 Å². The Labute approximate surface area is 114 Å². The first-order valence-corrected chi connectivity index (χ1v) is 6.13. The van der Waals surface area contributed by atoms with Crippen LogP contribution < -0.4 is 11.1 Å². The summed E-state index contributed by atoms with van der Waals surface area (Å²) in [7, 11) is 1.55. The van der Waals surface area contributed by atoms with Crippen molar-refractivity contribution >= 4 is 44.7 Å². The Bertz CT molecular complexity index is 437. The first-order chi connectivity index (χ1) is 8.04. The largest absolute Gasteiger partial charge is 0.389 e. The number of hydrogen-bond donors (Lipinski definition) is 2. The Morgan fingerprint density at radius 3 is 2.88 bits per heavy atom. The molecule has 0 aliphatic heterocycles. The zero-order chi connectivity index (χ0) is 12.8.